The Hall–Kier alpha value is -1.20. The topological polar surface area (TPSA) is 28.2 Å². The number of halogens is 1. The summed E-state index contributed by atoms with van der Waals surface area (Å²) in [6.45, 7) is 0.905. The molecule has 0 aliphatic heterocycles. The average molecular weight is 293 g/mol. The van der Waals surface area contributed by atoms with Crippen LogP contribution in [0, 0.1) is 5.82 Å². The Morgan fingerprint density at radius 3 is 2.80 bits per heavy atom. The molecule has 1 aliphatic carbocycles. The monoisotopic (exact) mass is 293 g/mol. The molecule has 0 amide bonds. The zero-order valence-corrected chi connectivity index (χ0v) is 12.8. The Labute approximate surface area is 122 Å². The zero-order chi connectivity index (χ0) is 14.2. The van der Waals surface area contributed by atoms with Gasteiger partial charge in [0.25, 0.3) is 0 Å². The molecule has 1 aromatic heterocycles. The Bertz CT molecular complexity index is 602. The van der Waals surface area contributed by atoms with E-state index in [1.54, 1.807) is 17.4 Å². The van der Waals surface area contributed by atoms with Crippen LogP contribution in [0.25, 0.3) is 10.2 Å². The number of hydrogen-bond acceptors (Lipinski definition) is 4. The van der Waals surface area contributed by atoms with Crippen molar-refractivity contribution in [2.45, 2.75) is 31.2 Å². The Balaban J connectivity index is 1.76. The zero-order valence-electron chi connectivity index (χ0n) is 11.9. The smallest absolute Gasteiger partial charge is 0.183 e. The van der Waals surface area contributed by atoms with Gasteiger partial charge < -0.3 is 10.2 Å². The van der Waals surface area contributed by atoms with Crippen molar-refractivity contribution in [2.24, 2.45) is 0 Å². The minimum atomic E-state index is -0.227. The number of nitrogens with one attached hydrogen (secondary N) is 1. The summed E-state index contributed by atoms with van der Waals surface area (Å²) in [5, 5.41) is 4.35. The molecule has 0 unspecified atom stereocenters. The van der Waals surface area contributed by atoms with Gasteiger partial charge in [0.2, 0.25) is 0 Å². The van der Waals surface area contributed by atoms with E-state index in [1.165, 1.54) is 37.8 Å². The van der Waals surface area contributed by atoms with Crippen LogP contribution in [0.4, 0.5) is 9.52 Å². The van der Waals surface area contributed by atoms with Crippen LogP contribution in [0.1, 0.15) is 25.7 Å². The molecule has 0 atom stereocenters. The number of aromatic nitrogens is 1. The lowest BCUT2D eigenvalue weighted by atomic mass is 9.96. The second-order valence-corrected chi connectivity index (χ2v) is 6.84. The average Bonchev–Trinajstić information content (AvgIpc) is 3.02. The molecule has 1 aromatic carbocycles. The Morgan fingerprint density at radius 2 is 2.10 bits per heavy atom. The highest BCUT2D eigenvalue weighted by molar-refractivity contribution is 7.22. The molecule has 108 valence electrons. The molecule has 3 rings (SSSR count). The first-order chi connectivity index (χ1) is 9.59. The predicted octanol–water partition coefficient (Wildman–Crippen LogP) is 3.72. The minimum Gasteiger partial charge on any atom is -0.360 e. The summed E-state index contributed by atoms with van der Waals surface area (Å²) >= 11 is 1.59. The normalized spacial score (nSPS) is 18.0. The predicted molar refractivity (Wildman–Crippen MR) is 83.0 cm³/mol. The largest absolute Gasteiger partial charge is 0.360 e. The summed E-state index contributed by atoms with van der Waals surface area (Å²) in [4.78, 5) is 6.81. The van der Waals surface area contributed by atoms with Crippen LogP contribution in [-0.4, -0.2) is 36.1 Å². The molecule has 0 bridgehead atoms. The first-order valence-corrected chi connectivity index (χ1v) is 7.88. The van der Waals surface area contributed by atoms with Crippen LogP contribution < -0.4 is 5.32 Å². The Morgan fingerprint density at radius 1 is 1.35 bits per heavy atom. The maximum absolute atomic E-state index is 13.2. The van der Waals surface area contributed by atoms with Crippen LogP contribution in [0.5, 0.6) is 0 Å². The lowest BCUT2D eigenvalue weighted by molar-refractivity contribution is 0.172. The number of thiazole rings is 1. The van der Waals surface area contributed by atoms with Gasteiger partial charge in [0.05, 0.1) is 10.2 Å². The minimum absolute atomic E-state index is 0.227. The molecule has 3 nitrogen and oxygen atoms in total. The SMILES string of the molecule is CN(C)C1(CNc2nc3cc(F)ccc3s2)CCCC1. The fraction of sp³-hybridized carbons (Fsp3) is 0.533. The lowest BCUT2D eigenvalue weighted by Crippen LogP contribution is -2.47. The molecule has 5 heteroatoms. The molecule has 1 saturated carbocycles. The molecule has 20 heavy (non-hydrogen) atoms. The van der Waals surface area contributed by atoms with Gasteiger partial charge in [-0.15, -0.1) is 0 Å². The highest BCUT2D eigenvalue weighted by Gasteiger charge is 2.35. The van der Waals surface area contributed by atoms with Gasteiger partial charge in [-0.05, 0) is 39.1 Å². The van der Waals surface area contributed by atoms with Gasteiger partial charge in [0.15, 0.2) is 5.13 Å². The first-order valence-electron chi connectivity index (χ1n) is 7.06. The second kappa shape index (κ2) is 5.30. The summed E-state index contributed by atoms with van der Waals surface area (Å²) < 4.78 is 14.2. The van der Waals surface area contributed by atoms with Gasteiger partial charge in [0.1, 0.15) is 5.82 Å². The summed E-state index contributed by atoms with van der Waals surface area (Å²) in [7, 11) is 4.31. The summed E-state index contributed by atoms with van der Waals surface area (Å²) in [5.41, 5.74) is 0.978. The third-order valence-electron chi connectivity index (χ3n) is 4.40. The molecular weight excluding hydrogens is 273 g/mol. The quantitative estimate of drug-likeness (QED) is 0.931. The third-order valence-corrected chi connectivity index (χ3v) is 5.40. The molecule has 1 heterocycles. The second-order valence-electron chi connectivity index (χ2n) is 5.81. The maximum atomic E-state index is 13.2. The van der Waals surface area contributed by atoms with Gasteiger partial charge in [-0.25, -0.2) is 9.37 Å². The molecule has 2 aromatic rings. The van der Waals surface area contributed by atoms with Crippen molar-refractivity contribution in [3.05, 3.63) is 24.0 Å². The maximum Gasteiger partial charge on any atom is 0.183 e. The van der Waals surface area contributed by atoms with Crippen molar-refractivity contribution in [2.75, 3.05) is 26.0 Å². The number of hydrogen-bond donors (Lipinski definition) is 1. The summed E-state index contributed by atoms with van der Waals surface area (Å²) in [6.07, 6.45) is 5.05. The van der Waals surface area contributed by atoms with Crippen LogP contribution in [0.3, 0.4) is 0 Å². The van der Waals surface area contributed by atoms with Gasteiger partial charge in [0, 0.05) is 18.2 Å². The van der Waals surface area contributed by atoms with Gasteiger partial charge in [-0.1, -0.05) is 24.2 Å². The van der Waals surface area contributed by atoms with Crippen molar-refractivity contribution in [3.63, 3.8) is 0 Å². The lowest BCUT2D eigenvalue weighted by Gasteiger charge is -2.36. The van der Waals surface area contributed by atoms with Gasteiger partial charge in [-0.3, -0.25) is 0 Å². The van der Waals surface area contributed by atoms with Crippen molar-refractivity contribution < 1.29 is 4.39 Å². The van der Waals surface area contributed by atoms with Gasteiger partial charge >= 0.3 is 0 Å². The molecule has 0 radical (unpaired) electrons. The number of rotatable bonds is 4. The molecule has 1 N–H and O–H groups in total. The van der Waals surface area contributed by atoms with E-state index in [1.807, 2.05) is 0 Å². The van der Waals surface area contributed by atoms with E-state index in [0.29, 0.717) is 0 Å². The highest BCUT2D eigenvalue weighted by Crippen LogP contribution is 2.35. The van der Waals surface area contributed by atoms with Crippen LogP contribution in [-0.2, 0) is 0 Å². The Kier molecular flexibility index (Phi) is 3.65. The number of nitrogens with zero attached hydrogens (tertiary/aromatic N) is 2. The molecular formula is C15H20FN3S. The summed E-state index contributed by atoms with van der Waals surface area (Å²) in [5.74, 6) is -0.227. The standard InChI is InChI=1S/C15H20FN3S/c1-19(2)15(7-3-4-8-15)10-17-14-18-12-9-11(16)5-6-13(12)20-14/h5-6,9H,3-4,7-8,10H2,1-2H3,(H,17,18). The van der Waals surface area contributed by atoms with Crippen LogP contribution in [0.2, 0.25) is 0 Å². The van der Waals surface area contributed by atoms with Crippen molar-refractivity contribution >= 4 is 26.7 Å². The van der Waals surface area contributed by atoms with E-state index < -0.39 is 0 Å². The number of benzene rings is 1. The molecule has 1 fully saturated rings. The summed E-state index contributed by atoms with van der Waals surface area (Å²) in [6, 6.07) is 4.78. The van der Waals surface area contributed by atoms with Crippen molar-refractivity contribution in [3.8, 4) is 0 Å². The van der Waals surface area contributed by atoms with E-state index in [-0.39, 0.29) is 11.4 Å². The van der Waals surface area contributed by atoms with Gasteiger partial charge in [-0.2, -0.15) is 0 Å². The van der Waals surface area contributed by atoms with Crippen LogP contribution >= 0.6 is 11.3 Å². The molecule has 1 aliphatic rings. The van der Waals surface area contributed by atoms with Crippen molar-refractivity contribution in [1.82, 2.24) is 9.88 Å². The number of fused-ring (bicyclic) bond motifs is 1. The third kappa shape index (κ3) is 2.52. The number of likely N-dealkylation sites (N-methyl/N-ethyl adjacent to an activating group) is 1. The fourth-order valence-electron chi connectivity index (χ4n) is 3.03. The van der Waals surface area contributed by atoms with E-state index in [9.17, 15) is 4.39 Å². The first kappa shape index (κ1) is 13.8. The molecule has 0 saturated heterocycles. The van der Waals surface area contributed by atoms with Crippen LogP contribution in [0.15, 0.2) is 18.2 Å². The van der Waals surface area contributed by atoms with E-state index >= 15 is 0 Å². The van der Waals surface area contributed by atoms with E-state index in [2.05, 4.69) is 29.3 Å². The van der Waals surface area contributed by atoms with E-state index in [0.717, 1.165) is 21.9 Å². The number of anilines is 1. The van der Waals surface area contributed by atoms with Crippen molar-refractivity contribution in [1.29, 1.82) is 0 Å². The fourth-order valence-corrected chi connectivity index (χ4v) is 3.87. The molecule has 0 spiro atoms. The van der Waals surface area contributed by atoms with E-state index in [4.69, 9.17) is 0 Å². The highest BCUT2D eigenvalue weighted by atomic mass is 32.1.